The second kappa shape index (κ2) is 15.4. The minimum Gasteiger partial charge on any atom is -0.455 e. The van der Waals surface area contributed by atoms with E-state index in [2.05, 4.69) is 194 Å². The molecule has 0 amide bonds. The molecule has 0 saturated carbocycles. The maximum atomic E-state index is 7.06. The highest BCUT2D eigenvalue weighted by molar-refractivity contribution is 6.09. The van der Waals surface area contributed by atoms with Crippen molar-refractivity contribution in [2.75, 3.05) is 0 Å². The summed E-state index contributed by atoms with van der Waals surface area (Å²) in [5, 5.41) is 9.02. The van der Waals surface area contributed by atoms with E-state index < -0.39 is 0 Å². The first kappa shape index (κ1) is 37.7. The van der Waals surface area contributed by atoms with Crippen LogP contribution >= 0.6 is 0 Å². The fourth-order valence-electron chi connectivity index (χ4n) is 9.82. The minimum atomic E-state index is 0.786. The summed E-state index contributed by atoms with van der Waals surface area (Å²) in [5.74, 6) is 1.61. The fourth-order valence-corrected chi connectivity index (χ4v) is 9.82. The Morgan fingerprint density at radius 1 is 0.288 bits per heavy atom. The van der Waals surface area contributed by atoms with Crippen molar-refractivity contribution < 1.29 is 8.83 Å². The number of fused-ring (bicyclic) bond motifs is 5. The number of furan rings is 2. The number of rotatable bonds is 7. The molecule has 9 aromatic carbocycles. The third kappa shape index (κ3) is 6.38. The van der Waals surface area contributed by atoms with Crippen LogP contribution in [0, 0.1) is 0 Å². The third-order valence-corrected chi connectivity index (χ3v) is 12.9. The Hall–Kier alpha value is -8.86. The van der Waals surface area contributed by atoms with Crippen LogP contribution in [-0.2, 0) is 0 Å². The van der Waals surface area contributed by atoms with Crippen LogP contribution in [-0.4, -0.2) is 9.97 Å². The van der Waals surface area contributed by atoms with E-state index in [0.29, 0.717) is 0 Å². The predicted octanol–water partition coefficient (Wildman–Crippen LogP) is 17.1. The van der Waals surface area contributed by atoms with E-state index in [1.807, 2.05) is 36.5 Å². The molecule has 0 atom stereocenters. The zero-order valence-corrected chi connectivity index (χ0v) is 35.7. The molecule has 4 heterocycles. The molecule has 308 valence electrons. The molecule has 13 rings (SSSR count). The highest BCUT2D eigenvalue weighted by Gasteiger charge is 2.24. The SMILES string of the molecule is c1ccc(-c2cc(-c3cc(-c4oc5ccccc5c4-c4ccc5ccccc5c4)cc(-c4c(-c5cccc6ccccc56)oc5ccccc45)c3)cc(-c3cccc4ccccc34)n2)nc1. The van der Waals surface area contributed by atoms with Gasteiger partial charge in [0.1, 0.15) is 22.7 Å². The monoisotopic (exact) mass is 842 g/mol. The smallest absolute Gasteiger partial charge is 0.143 e. The van der Waals surface area contributed by atoms with Gasteiger partial charge in [-0.3, -0.25) is 4.98 Å². The molecule has 0 bridgehead atoms. The summed E-state index contributed by atoms with van der Waals surface area (Å²) in [5.41, 5.74) is 13.3. The first-order chi connectivity index (χ1) is 32.7. The van der Waals surface area contributed by atoms with Crippen molar-refractivity contribution in [2.24, 2.45) is 0 Å². The lowest BCUT2D eigenvalue weighted by Crippen LogP contribution is -1.94. The van der Waals surface area contributed by atoms with Crippen LogP contribution in [0.5, 0.6) is 0 Å². The zero-order valence-electron chi connectivity index (χ0n) is 35.7. The number of aromatic nitrogens is 2. The summed E-state index contributed by atoms with van der Waals surface area (Å²) in [6.07, 6.45) is 1.83. The molecular weight excluding hydrogens is 805 g/mol. The number of hydrogen-bond donors (Lipinski definition) is 0. The highest BCUT2D eigenvalue weighted by Crippen LogP contribution is 2.48. The summed E-state index contributed by atoms with van der Waals surface area (Å²) in [7, 11) is 0. The summed E-state index contributed by atoms with van der Waals surface area (Å²) in [4.78, 5) is 10.1. The number of nitrogens with zero attached hydrogens (tertiary/aromatic N) is 2. The third-order valence-electron chi connectivity index (χ3n) is 12.9. The second-order valence-electron chi connectivity index (χ2n) is 16.9. The Bertz CT molecular complexity index is 4000. The second-order valence-corrected chi connectivity index (χ2v) is 16.9. The lowest BCUT2D eigenvalue weighted by molar-refractivity contribution is 0.632. The van der Waals surface area contributed by atoms with E-state index in [1.165, 1.54) is 10.8 Å². The van der Waals surface area contributed by atoms with Gasteiger partial charge in [0.15, 0.2) is 0 Å². The van der Waals surface area contributed by atoms with Crippen molar-refractivity contribution >= 4 is 54.3 Å². The maximum absolute atomic E-state index is 7.06. The van der Waals surface area contributed by atoms with Crippen molar-refractivity contribution in [1.82, 2.24) is 9.97 Å². The van der Waals surface area contributed by atoms with Crippen LogP contribution in [0.1, 0.15) is 0 Å². The summed E-state index contributed by atoms with van der Waals surface area (Å²) in [6, 6.07) is 79.1. The van der Waals surface area contributed by atoms with Gasteiger partial charge in [-0.1, -0.05) is 164 Å². The molecule has 4 heteroatoms. The van der Waals surface area contributed by atoms with E-state index in [0.717, 1.165) is 122 Å². The number of pyridine rings is 2. The van der Waals surface area contributed by atoms with Crippen molar-refractivity contribution in [3.63, 3.8) is 0 Å². The van der Waals surface area contributed by atoms with Crippen molar-refractivity contribution in [2.45, 2.75) is 0 Å². The molecule has 0 N–H and O–H groups in total. The van der Waals surface area contributed by atoms with Crippen LogP contribution in [0.25, 0.3) is 133 Å². The fraction of sp³-hybridized carbons (Fsp3) is 0. The van der Waals surface area contributed by atoms with Gasteiger partial charge in [0.25, 0.3) is 0 Å². The van der Waals surface area contributed by atoms with E-state index in [9.17, 15) is 0 Å². The van der Waals surface area contributed by atoms with Crippen molar-refractivity contribution in [3.8, 4) is 78.7 Å². The standard InChI is InChI=1S/C62H38N2O2/c1-2-18-42-33-43(31-30-39(42)15-1)59-52-23-7-9-28-57(52)65-61(59)47-35-44(45-37-55(64-56(38-45)54-27-11-12-32-63-54)50-25-13-19-40-16-3-5-21-48(40)50)34-46(36-47)60-53-24-8-10-29-58(53)66-62(60)51-26-14-20-41-17-4-6-22-49(41)51/h1-38H. The topological polar surface area (TPSA) is 52.1 Å². The van der Waals surface area contributed by atoms with Crippen LogP contribution in [0.15, 0.2) is 239 Å². The van der Waals surface area contributed by atoms with Gasteiger partial charge in [0.2, 0.25) is 0 Å². The van der Waals surface area contributed by atoms with Crippen LogP contribution in [0.2, 0.25) is 0 Å². The summed E-state index contributed by atoms with van der Waals surface area (Å²) < 4.78 is 14.0. The van der Waals surface area contributed by atoms with Gasteiger partial charge in [-0.2, -0.15) is 0 Å². The minimum absolute atomic E-state index is 0.786. The molecule has 0 aliphatic heterocycles. The largest absolute Gasteiger partial charge is 0.455 e. The lowest BCUT2D eigenvalue weighted by atomic mass is 9.89. The first-order valence-corrected chi connectivity index (χ1v) is 22.3. The molecule has 0 fully saturated rings. The van der Waals surface area contributed by atoms with E-state index in [1.54, 1.807) is 0 Å². The summed E-state index contributed by atoms with van der Waals surface area (Å²) >= 11 is 0. The average molecular weight is 843 g/mol. The van der Waals surface area contributed by atoms with E-state index >= 15 is 0 Å². The molecule has 0 saturated heterocycles. The van der Waals surface area contributed by atoms with Gasteiger partial charge in [0, 0.05) is 44.8 Å². The van der Waals surface area contributed by atoms with Crippen molar-refractivity contribution in [3.05, 3.63) is 231 Å². The van der Waals surface area contributed by atoms with Crippen molar-refractivity contribution in [1.29, 1.82) is 0 Å². The maximum Gasteiger partial charge on any atom is 0.143 e. The Morgan fingerprint density at radius 2 is 0.818 bits per heavy atom. The summed E-state index contributed by atoms with van der Waals surface area (Å²) in [6.45, 7) is 0. The molecule has 0 aliphatic rings. The van der Waals surface area contributed by atoms with E-state index in [-0.39, 0.29) is 0 Å². The molecule has 0 unspecified atom stereocenters. The molecule has 66 heavy (non-hydrogen) atoms. The van der Waals surface area contributed by atoms with E-state index in [4.69, 9.17) is 18.8 Å². The Kier molecular flexibility index (Phi) is 8.81. The normalized spacial score (nSPS) is 11.6. The van der Waals surface area contributed by atoms with Gasteiger partial charge < -0.3 is 8.83 Å². The number of para-hydroxylation sites is 2. The Balaban J connectivity index is 1.13. The Labute approximate surface area is 380 Å². The Morgan fingerprint density at radius 3 is 1.55 bits per heavy atom. The zero-order chi connectivity index (χ0) is 43.6. The molecule has 4 aromatic heterocycles. The molecule has 0 radical (unpaired) electrons. The molecule has 4 nitrogen and oxygen atoms in total. The lowest BCUT2D eigenvalue weighted by Gasteiger charge is -2.15. The van der Waals surface area contributed by atoms with Crippen LogP contribution in [0.3, 0.4) is 0 Å². The van der Waals surface area contributed by atoms with Gasteiger partial charge in [-0.15, -0.1) is 0 Å². The average Bonchev–Trinajstić information content (AvgIpc) is 3.98. The van der Waals surface area contributed by atoms with Gasteiger partial charge in [-0.25, -0.2) is 4.98 Å². The van der Waals surface area contributed by atoms with Crippen LogP contribution in [0.4, 0.5) is 0 Å². The van der Waals surface area contributed by atoms with Crippen LogP contribution < -0.4 is 0 Å². The molecular formula is C62H38N2O2. The first-order valence-electron chi connectivity index (χ1n) is 22.3. The van der Waals surface area contributed by atoms with Gasteiger partial charge >= 0.3 is 0 Å². The van der Waals surface area contributed by atoms with Gasteiger partial charge in [-0.05, 0) is 115 Å². The number of benzene rings is 9. The quantitative estimate of drug-likeness (QED) is 0.160. The predicted molar refractivity (Wildman–Crippen MR) is 272 cm³/mol. The molecule has 0 spiro atoms. The van der Waals surface area contributed by atoms with Gasteiger partial charge in [0.05, 0.1) is 17.1 Å². The highest BCUT2D eigenvalue weighted by atomic mass is 16.3. The molecule has 13 aromatic rings. The number of hydrogen-bond acceptors (Lipinski definition) is 4. The molecule has 0 aliphatic carbocycles.